The molecule has 1 heterocycles. The zero-order chi connectivity index (χ0) is 17.8. The van der Waals surface area contributed by atoms with Crippen LogP contribution in [-0.4, -0.2) is 33.3 Å². The van der Waals surface area contributed by atoms with Gasteiger partial charge in [0, 0.05) is 6.04 Å². The third-order valence-corrected chi connectivity index (χ3v) is 4.22. The molecule has 1 N–H and O–H groups in total. The number of rotatable bonds is 5. The van der Waals surface area contributed by atoms with Crippen LogP contribution in [-0.2, 0) is 0 Å². The molecule has 1 aliphatic carbocycles. The molecular formula is C17H20F2N4O2. The molecular weight excluding hydrogens is 330 g/mol. The number of hydrogen-bond donors (Lipinski definition) is 1. The van der Waals surface area contributed by atoms with Gasteiger partial charge >= 0.3 is 6.61 Å². The third-order valence-electron chi connectivity index (χ3n) is 4.22. The Kier molecular flexibility index (Phi) is 5.25. The molecule has 134 valence electrons. The van der Waals surface area contributed by atoms with Gasteiger partial charge in [0.15, 0.2) is 0 Å². The molecule has 3 rings (SSSR count). The minimum atomic E-state index is -2.87. The quantitative estimate of drug-likeness (QED) is 0.899. The number of halogens is 2. The summed E-state index contributed by atoms with van der Waals surface area (Å²) in [5.74, 6) is 0.422. The van der Waals surface area contributed by atoms with Crippen LogP contribution < -0.4 is 10.1 Å². The van der Waals surface area contributed by atoms with E-state index in [0.717, 1.165) is 25.7 Å². The lowest BCUT2D eigenvalue weighted by molar-refractivity contribution is -0.0498. The summed E-state index contributed by atoms with van der Waals surface area (Å²) in [5.41, 5.74) is 0.614. The van der Waals surface area contributed by atoms with Crippen LogP contribution in [0.4, 0.5) is 8.78 Å². The van der Waals surface area contributed by atoms with Gasteiger partial charge in [-0.05, 0) is 44.0 Å². The standard InChI is InChI=1S/C17H20F2N4O2/c1-11-20-15(16(24)21-12-5-3-2-4-6-12)22-23(11)13-7-9-14(10-8-13)25-17(18)19/h7-10,12,17H,2-6H2,1H3,(H,21,24). The van der Waals surface area contributed by atoms with Crippen molar-refractivity contribution in [3.05, 3.63) is 35.9 Å². The van der Waals surface area contributed by atoms with Crippen molar-refractivity contribution in [2.45, 2.75) is 51.7 Å². The van der Waals surface area contributed by atoms with Crippen molar-refractivity contribution < 1.29 is 18.3 Å². The summed E-state index contributed by atoms with van der Waals surface area (Å²) in [5, 5.41) is 7.22. The van der Waals surface area contributed by atoms with Crippen LogP contribution in [0.3, 0.4) is 0 Å². The van der Waals surface area contributed by atoms with Gasteiger partial charge in [-0.1, -0.05) is 19.3 Å². The van der Waals surface area contributed by atoms with E-state index in [9.17, 15) is 13.6 Å². The van der Waals surface area contributed by atoms with E-state index in [4.69, 9.17) is 0 Å². The van der Waals surface area contributed by atoms with Crippen molar-refractivity contribution in [1.29, 1.82) is 0 Å². The smallest absolute Gasteiger partial charge is 0.387 e. The number of nitrogens with zero attached hydrogens (tertiary/aromatic N) is 3. The van der Waals surface area contributed by atoms with Gasteiger partial charge in [-0.3, -0.25) is 4.79 Å². The predicted molar refractivity (Wildman–Crippen MR) is 87.1 cm³/mol. The van der Waals surface area contributed by atoms with Gasteiger partial charge in [0.2, 0.25) is 5.82 Å². The molecule has 0 spiro atoms. The van der Waals surface area contributed by atoms with E-state index in [-0.39, 0.29) is 23.5 Å². The van der Waals surface area contributed by atoms with Crippen molar-refractivity contribution in [2.24, 2.45) is 0 Å². The summed E-state index contributed by atoms with van der Waals surface area (Å²) in [4.78, 5) is 16.5. The lowest BCUT2D eigenvalue weighted by atomic mass is 9.95. The molecule has 25 heavy (non-hydrogen) atoms. The second-order valence-electron chi connectivity index (χ2n) is 6.08. The zero-order valence-corrected chi connectivity index (χ0v) is 13.9. The van der Waals surface area contributed by atoms with E-state index in [1.54, 1.807) is 19.1 Å². The van der Waals surface area contributed by atoms with Gasteiger partial charge in [-0.2, -0.15) is 8.78 Å². The van der Waals surface area contributed by atoms with E-state index in [0.29, 0.717) is 11.5 Å². The van der Waals surface area contributed by atoms with Crippen molar-refractivity contribution in [2.75, 3.05) is 0 Å². The molecule has 0 unspecified atom stereocenters. The number of benzene rings is 1. The molecule has 1 saturated carbocycles. The summed E-state index contributed by atoms with van der Waals surface area (Å²) in [6, 6.07) is 6.19. The molecule has 1 aliphatic rings. The first-order chi connectivity index (χ1) is 12.0. The summed E-state index contributed by atoms with van der Waals surface area (Å²) in [6.07, 6.45) is 5.43. The largest absolute Gasteiger partial charge is 0.435 e. The fraction of sp³-hybridized carbons (Fsp3) is 0.471. The Bertz CT molecular complexity index is 725. The molecule has 2 aromatic rings. The Morgan fingerprint density at radius 3 is 2.56 bits per heavy atom. The maximum Gasteiger partial charge on any atom is 0.387 e. The van der Waals surface area contributed by atoms with Crippen molar-refractivity contribution in [1.82, 2.24) is 20.1 Å². The highest BCUT2D eigenvalue weighted by Crippen LogP contribution is 2.19. The van der Waals surface area contributed by atoms with Crippen LogP contribution in [0.5, 0.6) is 5.75 Å². The Balaban J connectivity index is 1.72. The van der Waals surface area contributed by atoms with Gasteiger partial charge in [-0.25, -0.2) is 9.67 Å². The minimum Gasteiger partial charge on any atom is -0.435 e. The first-order valence-electron chi connectivity index (χ1n) is 8.32. The highest BCUT2D eigenvalue weighted by atomic mass is 19.3. The third kappa shape index (κ3) is 4.32. The molecule has 0 bridgehead atoms. The number of hydrogen-bond acceptors (Lipinski definition) is 4. The van der Waals surface area contributed by atoms with Gasteiger partial charge in [0.25, 0.3) is 5.91 Å². The average Bonchev–Trinajstić information content (AvgIpc) is 2.98. The molecule has 8 heteroatoms. The summed E-state index contributed by atoms with van der Waals surface area (Å²) in [7, 11) is 0. The number of nitrogens with one attached hydrogen (secondary N) is 1. The van der Waals surface area contributed by atoms with Gasteiger partial charge in [0.05, 0.1) is 5.69 Å². The lowest BCUT2D eigenvalue weighted by Crippen LogP contribution is -2.36. The topological polar surface area (TPSA) is 69.0 Å². The Labute approximate surface area is 144 Å². The maximum atomic E-state index is 12.3. The van der Waals surface area contributed by atoms with Crippen LogP contribution >= 0.6 is 0 Å². The number of ether oxygens (including phenoxy) is 1. The molecule has 0 saturated heterocycles. The number of carbonyl (C=O) groups is 1. The Morgan fingerprint density at radius 1 is 1.24 bits per heavy atom. The molecule has 1 aromatic carbocycles. The van der Waals surface area contributed by atoms with Crippen molar-refractivity contribution >= 4 is 5.91 Å². The summed E-state index contributed by atoms with van der Waals surface area (Å²) < 4.78 is 30.2. The zero-order valence-electron chi connectivity index (χ0n) is 13.9. The van der Waals surface area contributed by atoms with E-state index in [1.807, 2.05) is 0 Å². The highest BCUT2D eigenvalue weighted by molar-refractivity contribution is 5.90. The van der Waals surface area contributed by atoms with E-state index >= 15 is 0 Å². The second-order valence-corrected chi connectivity index (χ2v) is 6.08. The minimum absolute atomic E-state index is 0.0618. The fourth-order valence-corrected chi connectivity index (χ4v) is 3.00. The SMILES string of the molecule is Cc1nc(C(=O)NC2CCCCC2)nn1-c1ccc(OC(F)F)cc1. The normalized spacial score (nSPS) is 15.4. The Hall–Kier alpha value is -2.51. The van der Waals surface area contributed by atoms with Gasteiger partial charge in [-0.15, -0.1) is 5.10 Å². The lowest BCUT2D eigenvalue weighted by Gasteiger charge is -2.21. The van der Waals surface area contributed by atoms with E-state index < -0.39 is 6.61 Å². The monoisotopic (exact) mass is 350 g/mol. The molecule has 0 atom stereocenters. The average molecular weight is 350 g/mol. The summed E-state index contributed by atoms with van der Waals surface area (Å²) in [6.45, 7) is -1.14. The maximum absolute atomic E-state index is 12.3. The second kappa shape index (κ2) is 7.58. The molecule has 0 radical (unpaired) electrons. The predicted octanol–water partition coefficient (Wildman–Crippen LogP) is 3.24. The van der Waals surface area contributed by atoms with Crippen LogP contribution in [0, 0.1) is 6.92 Å². The molecule has 1 aromatic heterocycles. The summed E-state index contributed by atoms with van der Waals surface area (Å²) >= 11 is 0. The number of aryl methyl sites for hydroxylation is 1. The van der Waals surface area contributed by atoms with Gasteiger partial charge < -0.3 is 10.1 Å². The molecule has 1 amide bonds. The highest BCUT2D eigenvalue weighted by Gasteiger charge is 2.20. The molecule has 6 nitrogen and oxygen atoms in total. The van der Waals surface area contributed by atoms with E-state index in [2.05, 4.69) is 20.1 Å². The van der Waals surface area contributed by atoms with E-state index in [1.165, 1.54) is 23.2 Å². The molecule has 0 aliphatic heterocycles. The first kappa shape index (κ1) is 17.3. The first-order valence-corrected chi connectivity index (χ1v) is 8.32. The van der Waals surface area contributed by atoms with Gasteiger partial charge in [0.1, 0.15) is 11.6 Å². The molecule has 1 fully saturated rings. The van der Waals surface area contributed by atoms with Crippen LogP contribution in [0.15, 0.2) is 24.3 Å². The number of amides is 1. The number of carbonyl (C=O) groups excluding carboxylic acids is 1. The fourth-order valence-electron chi connectivity index (χ4n) is 3.00. The number of alkyl halides is 2. The van der Waals surface area contributed by atoms with Crippen LogP contribution in [0.2, 0.25) is 0 Å². The van der Waals surface area contributed by atoms with Crippen molar-refractivity contribution in [3.63, 3.8) is 0 Å². The van der Waals surface area contributed by atoms with Crippen LogP contribution in [0.1, 0.15) is 48.5 Å². The van der Waals surface area contributed by atoms with Crippen LogP contribution in [0.25, 0.3) is 5.69 Å². The number of aromatic nitrogens is 3. The Morgan fingerprint density at radius 2 is 1.92 bits per heavy atom. The van der Waals surface area contributed by atoms with Crippen molar-refractivity contribution in [3.8, 4) is 11.4 Å².